The van der Waals surface area contributed by atoms with Gasteiger partial charge in [0.05, 0.1) is 23.9 Å². The van der Waals surface area contributed by atoms with Crippen LogP contribution in [-0.2, 0) is 14.3 Å². The summed E-state index contributed by atoms with van der Waals surface area (Å²) >= 11 is 0. The van der Waals surface area contributed by atoms with Crippen LogP contribution < -0.4 is 10.6 Å². The second-order valence-electron chi connectivity index (χ2n) is 5.13. The third kappa shape index (κ3) is 5.63. The molecule has 140 valence electrons. The van der Waals surface area contributed by atoms with E-state index in [2.05, 4.69) is 10.1 Å². The Morgan fingerprint density at radius 1 is 0.926 bits per heavy atom. The van der Waals surface area contributed by atoms with Crippen LogP contribution >= 0.6 is 0 Å². The molecule has 0 aliphatic rings. The van der Waals surface area contributed by atoms with Gasteiger partial charge in [0, 0.05) is 0 Å². The number of hydrogen-bond donors (Lipinski definition) is 2. The van der Waals surface area contributed by atoms with Crippen LogP contribution in [0.5, 0.6) is 0 Å². The van der Waals surface area contributed by atoms with Gasteiger partial charge in [-0.1, -0.05) is 12.1 Å². The van der Waals surface area contributed by atoms with Gasteiger partial charge in [-0.05, 0) is 36.4 Å². The minimum atomic E-state index is -0.969. The molecule has 9 heteroatoms. The lowest BCUT2D eigenvalue weighted by atomic mass is 10.1. The first-order valence-electron chi connectivity index (χ1n) is 7.61. The lowest BCUT2D eigenvalue weighted by Gasteiger charge is -2.08. The molecule has 2 aromatic carbocycles. The molecular formula is C18H15FN2O6. The van der Waals surface area contributed by atoms with Crippen LogP contribution in [0.15, 0.2) is 48.5 Å². The number of amides is 3. The summed E-state index contributed by atoms with van der Waals surface area (Å²) in [5.41, 5.74) is 0.244. The number of nitrogens with one attached hydrogen (secondary N) is 2. The second kappa shape index (κ2) is 9.09. The van der Waals surface area contributed by atoms with Crippen molar-refractivity contribution in [2.45, 2.75) is 0 Å². The normalized spacial score (nSPS) is 9.85. The number of esters is 2. The number of ether oxygens (including phenoxy) is 2. The first-order chi connectivity index (χ1) is 12.9. The summed E-state index contributed by atoms with van der Waals surface area (Å²) in [6.45, 7) is -0.720. The number of halogens is 1. The summed E-state index contributed by atoms with van der Waals surface area (Å²) in [6, 6.07) is 9.84. The fourth-order valence-electron chi connectivity index (χ4n) is 1.95. The summed E-state index contributed by atoms with van der Waals surface area (Å²) in [6.07, 6.45) is 0. The van der Waals surface area contributed by atoms with Gasteiger partial charge < -0.3 is 14.8 Å². The maximum absolute atomic E-state index is 13.4. The van der Waals surface area contributed by atoms with Gasteiger partial charge in [0.25, 0.3) is 5.91 Å². The van der Waals surface area contributed by atoms with Gasteiger partial charge in [-0.3, -0.25) is 10.1 Å². The number of methoxy groups -OCH3 is 1. The summed E-state index contributed by atoms with van der Waals surface area (Å²) in [7, 11) is 1.23. The molecule has 0 atom stereocenters. The third-order valence-corrected chi connectivity index (χ3v) is 3.25. The van der Waals surface area contributed by atoms with Crippen LogP contribution in [-0.4, -0.2) is 37.6 Å². The minimum Gasteiger partial charge on any atom is -0.465 e. The van der Waals surface area contributed by atoms with E-state index in [4.69, 9.17) is 4.74 Å². The molecule has 8 nitrogen and oxygen atoms in total. The van der Waals surface area contributed by atoms with Crippen molar-refractivity contribution in [1.29, 1.82) is 0 Å². The molecule has 0 aliphatic carbocycles. The zero-order valence-corrected chi connectivity index (χ0v) is 14.2. The Balaban J connectivity index is 1.82. The number of imide groups is 1. The van der Waals surface area contributed by atoms with E-state index < -0.39 is 36.3 Å². The van der Waals surface area contributed by atoms with Crippen LogP contribution in [0.4, 0.5) is 14.9 Å². The van der Waals surface area contributed by atoms with E-state index in [1.165, 1.54) is 49.6 Å². The fraction of sp³-hybridized carbons (Fsp3) is 0.111. The van der Waals surface area contributed by atoms with Crippen molar-refractivity contribution < 1.29 is 33.0 Å². The van der Waals surface area contributed by atoms with Crippen molar-refractivity contribution in [1.82, 2.24) is 5.32 Å². The number of carbonyl (C=O) groups excluding carboxylic acids is 4. The van der Waals surface area contributed by atoms with E-state index in [0.717, 1.165) is 6.07 Å². The quantitative estimate of drug-likeness (QED) is 0.776. The largest absolute Gasteiger partial charge is 0.465 e. The van der Waals surface area contributed by atoms with Crippen LogP contribution in [0.1, 0.15) is 20.7 Å². The van der Waals surface area contributed by atoms with Gasteiger partial charge in [0.2, 0.25) is 0 Å². The first kappa shape index (κ1) is 19.6. The highest BCUT2D eigenvalue weighted by molar-refractivity contribution is 6.02. The predicted octanol–water partition coefficient (Wildman–Crippen LogP) is 2.12. The highest BCUT2D eigenvalue weighted by Gasteiger charge is 2.14. The van der Waals surface area contributed by atoms with Crippen LogP contribution in [0.3, 0.4) is 0 Å². The molecule has 0 saturated heterocycles. The monoisotopic (exact) mass is 374 g/mol. The Hall–Kier alpha value is -3.75. The molecule has 0 heterocycles. The maximum atomic E-state index is 13.4. The van der Waals surface area contributed by atoms with E-state index in [-0.39, 0.29) is 16.8 Å². The van der Waals surface area contributed by atoms with E-state index in [0.29, 0.717) is 0 Å². The number of para-hydroxylation sites is 1. The molecule has 2 rings (SSSR count). The van der Waals surface area contributed by atoms with Gasteiger partial charge in [0.1, 0.15) is 5.82 Å². The molecule has 0 fully saturated rings. The molecule has 0 aromatic heterocycles. The van der Waals surface area contributed by atoms with Crippen LogP contribution in [0.25, 0.3) is 0 Å². The first-order valence-corrected chi connectivity index (χ1v) is 7.61. The summed E-state index contributed by atoms with van der Waals surface area (Å²) in [4.78, 5) is 46.4. The van der Waals surface area contributed by atoms with Gasteiger partial charge in [-0.2, -0.15) is 0 Å². The maximum Gasteiger partial charge on any atom is 0.338 e. The minimum absolute atomic E-state index is 0.103. The molecule has 2 aromatic rings. The Kier molecular flexibility index (Phi) is 6.59. The number of urea groups is 1. The SMILES string of the molecule is COC(=O)c1ccc(C(=O)OCC(=O)NC(=O)Nc2ccccc2F)cc1. The molecule has 27 heavy (non-hydrogen) atoms. The molecule has 2 N–H and O–H groups in total. The standard InChI is InChI=1S/C18H15FN2O6/c1-26-16(23)11-6-8-12(9-7-11)17(24)27-10-15(22)21-18(25)20-14-5-3-2-4-13(14)19/h2-9H,10H2,1H3,(H2,20,21,22,25). The summed E-state index contributed by atoms with van der Waals surface area (Å²) < 4.78 is 22.7. The molecule has 0 unspecified atom stereocenters. The number of hydrogen-bond acceptors (Lipinski definition) is 6. The van der Waals surface area contributed by atoms with Crippen molar-refractivity contribution >= 4 is 29.6 Å². The Morgan fingerprint density at radius 2 is 1.52 bits per heavy atom. The van der Waals surface area contributed by atoms with E-state index >= 15 is 0 Å². The van der Waals surface area contributed by atoms with Crippen molar-refractivity contribution in [2.24, 2.45) is 0 Å². The molecule has 0 radical (unpaired) electrons. The number of carbonyl (C=O) groups is 4. The van der Waals surface area contributed by atoms with Crippen LogP contribution in [0.2, 0.25) is 0 Å². The molecule has 3 amide bonds. The average molecular weight is 374 g/mol. The Morgan fingerprint density at radius 3 is 2.11 bits per heavy atom. The molecule has 0 saturated carbocycles. The van der Waals surface area contributed by atoms with Crippen molar-refractivity contribution in [3.8, 4) is 0 Å². The number of rotatable bonds is 5. The van der Waals surface area contributed by atoms with Crippen LogP contribution in [0, 0.1) is 5.82 Å². The van der Waals surface area contributed by atoms with E-state index in [1.54, 1.807) is 0 Å². The number of benzene rings is 2. The second-order valence-corrected chi connectivity index (χ2v) is 5.13. The number of anilines is 1. The summed E-state index contributed by atoms with van der Waals surface area (Å²) in [5, 5.41) is 4.05. The Bertz CT molecular complexity index is 866. The highest BCUT2D eigenvalue weighted by atomic mass is 19.1. The van der Waals surface area contributed by atoms with Crippen molar-refractivity contribution in [3.63, 3.8) is 0 Å². The summed E-state index contributed by atoms with van der Waals surface area (Å²) in [5.74, 6) is -2.95. The van der Waals surface area contributed by atoms with Gasteiger partial charge in [0.15, 0.2) is 6.61 Å². The van der Waals surface area contributed by atoms with E-state index in [9.17, 15) is 23.6 Å². The lowest BCUT2D eigenvalue weighted by molar-refractivity contribution is -0.123. The molecular weight excluding hydrogens is 359 g/mol. The smallest absolute Gasteiger partial charge is 0.338 e. The third-order valence-electron chi connectivity index (χ3n) is 3.25. The zero-order valence-electron chi connectivity index (χ0n) is 14.2. The lowest BCUT2D eigenvalue weighted by Crippen LogP contribution is -2.37. The van der Waals surface area contributed by atoms with Crippen molar-refractivity contribution in [3.05, 3.63) is 65.5 Å². The van der Waals surface area contributed by atoms with Gasteiger partial charge in [-0.25, -0.2) is 18.8 Å². The average Bonchev–Trinajstić information content (AvgIpc) is 2.67. The molecule has 0 aliphatic heterocycles. The molecule has 0 spiro atoms. The Labute approximate surface area is 153 Å². The van der Waals surface area contributed by atoms with Crippen molar-refractivity contribution in [2.75, 3.05) is 19.0 Å². The van der Waals surface area contributed by atoms with E-state index in [1.807, 2.05) is 5.32 Å². The van der Waals surface area contributed by atoms with Gasteiger partial charge in [-0.15, -0.1) is 0 Å². The topological polar surface area (TPSA) is 111 Å². The predicted molar refractivity (Wildman–Crippen MR) is 91.6 cm³/mol. The molecule has 0 bridgehead atoms. The highest BCUT2D eigenvalue weighted by Crippen LogP contribution is 2.11. The zero-order chi connectivity index (χ0) is 19.8. The fourth-order valence-corrected chi connectivity index (χ4v) is 1.95. The van der Waals surface area contributed by atoms with Gasteiger partial charge >= 0.3 is 18.0 Å².